The summed E-state index contributed by atoms with van der Waals surface area (Å²) in [7, 11) is 0. The zero-order chi connectivity index (χ0) is 10.8. The van der Waals surface area contributed by atoms with Crippen LogP contribution in [0.3, 0.4) is 0 Å². The highest BCUT2D eigenvalue weighted by molar-refractivity contribution is 5.92. The Hall–Kier alpha value is -1.07. The molecule has 1 saturated heterocycles. The molecule has 1 aliphatic rings. The minimum atomic E-state index is 0. The van der Waals surface area contributed by atoms with Gasteiger partial charge in [-0.1, -0.05) is 6.92 Å². The molecule has 2 heterocycles. The van der Waals surface area contributed by atoms with Crippen molar-refractivity contribution >= 4 is 18.3 Å². The van der Waals surface area contributed by atoms with Crippen LogP contribution in [0.25, 0.3) is 0 Å². The van der Waals surface area contributed by atoms with E-state index >= 15 is 0 Å². The maximum absolute atomic E-state index is 11.9. The van der Waals surface area contributed by atoms with Crippen LogP contribution in [0, 0.1) is 5.92 Å². The Balaban J connectivity index is 0.00000128. The van der Waals surface area contributed by atoms with E-state index in [-0.39, 0.29) is 24.4 Å². The molecular weight excluding hydrogens is 228 g/mol. The number of aromatic amines is 1. The molecule has 0 radical (unpaired) electrons. The highest BCUT2D eigenvalue weighted by atomic mass is 35.5. The van der Waals surface area contributed by atoms with Crippen LogP contribution in [-0.4, -0.2) is 40.1 Å². The van der Waals surface area contributed by atoms with E-state index in [9.17, 15) is 4.79 Å². The molecule has 90 valence electrons. The summed E-state index contributed by atoms with van der Waals surface area (Å²) in [6.07, 6.45) is 2.47. The fourth-order valence-electron chi connectivity index (χ4n) is 1.89. The smallest absolute Gasteiger partial charge is 0.271 e. The highest BCUT2D eigenvalue weighted by Crippen LogP contribution is 2.16. The van der Waals surface area contributed by atoms with E-state index in [1.165, 1.54) is 0 Å². The molecule has 3 N–H and O–H groups in total. The Morgan fingerprint density at radius 3 is 3.00 bits per heavy atom. The Labute approximate surface area is 101 Å². The number of likely N-dealkylation sites (tertiary alicyclic amines) is 1. The number of hydrogen-bond acceptors (Lipinski definition) is 3. The third kappa shape index (κ3) is 2.54. The summed E-state index contributed by atoms with van der Waals surface area (Å²) < 4.78 is 0. The molecule has 1 aliphatic heterocycles. The van der Waals surface area contributed by atoms with Gasteiger partial charge in [0.15, 0.2) is 0 Å². The van der Waals surface area contributed by atoms with Crippen molar-refractivity contribution in [3.63, 3.8) is 0 Å². The molecule has 0 aliphatic carbocycles. The lowest BCUT2D eigenvalue weighted by Gasteiger charge is -2.34. The molecule has 1 fully saturated rings. The van der Waals surface area contributed by atoms with E-state index in [0.717, 1.165) is 19.5 Å². The minimum absolute atomic E-state index is 0. The van der Waals surface area contributed by atoms with E-state index in [4.69, 9.17) is 5.73 Å². The molecule has 2 unspecified atom stereocenters. The number of nitrogens with one attached hydrogen (secondary N) is 1. The lowest BCUT2D eigenvalue weighted by Crippen LogP contribution is -2.48. The van der Waals surface area contributed by atoms with Crippen molar-refractivity contribution in [3.8, 4) is 0 Å². The fraction of sp³-hybridized carbons (Fsp3) is 0.600. The topological polar surface area (TPSA) is 75.0 Å². The molecule has 0 saturated carbocycles. The summed E-state index contributed by atoms with van der Waals surface area (Å²) in [5.41, 5.74) is 6.45. The van der Waals surface area contributed by atoms with E-state index in [1.54, 1.807) is 12.3 Å². The van der Waals surface area contributed by atoms with Gasteiger partial charge in [-0.3, -0.25) is 9.89 Å². The molecule has 1 amide bonds. The van der Waals surface area contributed by atoms with Gasteiger partial charge >= 0.3 is 0 Å². The SMILES string of the molecule is CC1CN(C(=O)c2ccn[nH]2)CCC1N.Cl. The van der Waals surface area contributed by atoms with Gasteiger partial charge in [0.1, 0.15) is 5.69 Å². The predicted molar refractivity (Wildman–Crippen MR) is 63.5 cm³/mol. The number of halogens is 1. The van der Waals surface area contributed by atoms with Crippen molar-refractivity contribution in [2.45, 2.75) is 19.4 Å². The lowest BCUT2D eigenvalue weighted by molar-refractivity contribution is 0.0658. The number of amides is 1. The fourth-order valence-corrected chi connectivity index (χ4v) is 1.89. The molecular formula is C10H17ClN4O. The quantitative estimate of drug-likeness (QED) is 0.761. The van der Waals surface area contributed by atoms with Crippen LogP contribution in [0.1, 0.15) is 23.8 Å². The number of aromatic nitrogens is 2. The molecule has 5 nitrogen and oxygen atoms in total. The van der Waals surface area contributed by atoms with Crippen molar-refractivity contribution < 1.29 is 4.79 Å². The Kier molecular flexibility index (Phi) is 4.32. The van der Waals surface area contributed by atoms with E-state index in [0.29, 0.717) is 11.6 Å². The van der Waals surface area contributed by atoms with E-state index in [1.807, 2.05) is 4.90 Å². The molecule has 1 aromatic heterocycles. The van der Waals surface area contributed by atoms with Gasteiger partial charge in [0.05, 0.1) is 0 Å². The zero-order valence-electron chi connectivity index (χ0n) is 9.22. The first-order valence-corrected chi connectivity index (χ1v) is 5.22. The number of rotatable bonds is 1. The van der Waals surface area contributed by atoms with E-state index < -0.39 is 0 Å². The van der Waals surface area contributed by atoms with Gasteiger partial charge in [0.2, 0.25) is 0 Å². The lowest BCUT2D eigenvalue weighted by atomic mass is 9.94. The second-order valence-electron chi connectivity index (χ2n) is 4.15. The summed E-state index contributed by atoms with van der Waals surface area (Å²) in [5.74, 6) is 0.386. The zero-order valence-corrected chi connectivity index (χ0v) is 10.0. The van der Waals surface area contributed by atoms with Crippen LogP contribution >= 0.6 is 12.4 Å². The summed E-state index contributed by atoms with van der Waals surface area (Å²) >= 11 is 0. The van der Waals surface area contributed by atoms with Crippen LogP contribution in [0.4, 0.5) is 0 Å². The van der Waals surface area contributed by atoms with Gasteiger partial charge in [0.25, 0.3) is 5.91 Å². The van der Waals surface area contributed by atoms with Crippen LogP contribution in [-0.2, 0) is 0 Å². The van der Waals surface area contributed by atoms with Crippen LogP contribution in [0.5, 0.6) is 0 Å². The number of hydrogen-bond donors (Lipinski definition) is 2. The summed E-state index contributed by atoms with van der Waals surface area (Å²) in [6, 6.07) is 1.91. The van der Waals surface area contributed by atoms with Gasteiger partial charge in [-0.15, -0.1) is 12.4 Å². The number of H-pyrrole nitrogens is 1. The molecule has 0 bridgehead atoms. The third-order valence-electron chi connectivity index (χ3n) is 2.99. The van der Waals surface area contributed by atoms with Crippen molar-refractivity contribution in [3.05, 3.63) is 18.0 Å². The van der Waals surface area contributed by atoms with Gasteiger partial charge in [-0.25, -0.2) is 0 Å². The normalized spacial score (nSPS) is 25.0. The number of carbonyl (C=O) groups excluding carboxylic acids is 1. The summed E-state index contributed by atoms with van der Waals surface area (Å²) in [4.78, 5) is 13.8. The van der Waals surface area contributed by atoms with Crippen molar-refractivity contribution in [2.75, 3.05) is 13.1 Å². The maximum atomic E-state index is 11.9. The predicted octanol–water partition coefficient (Wildman–Crippen LogP) is 0.641. The summed E-state index contributed by atoms with van der Waals surface area (Å²) in [6.45, 7) is 3.56. The van der Waals surface area contributed by atoms with Crippen molar-refractivity contribution in [2.24, 2.45) is 11.7 Å². The van der Waals surface area contributed by atoms with E-state index in [2.05, 4.69) is 17.1 Å². The first-order chi connectivity index (χ1) is 7.18. The summed E-state index contributed by atoms with van der Waals surface area (Å²) in [5, 5.41) is 6.46. The van der Waals surface area contributed by atoms with Crippen LogP contribution in [0.15, 0.2) is 12.3 Å². The molecule has 1 aromatic rings. The number of piperidine rings is 1. The highest BCUT2D eigenvalue weighted by Gasteiger charge is 2.27. The van der Waals surface area contributed by atoms with Gasteiger partial charge in [-0.2, -0.15) is 5.10 Å². The Bertz CT molecular complexity index is 341. The first kappa shape index (κ1) is 13.0. The van der Waals surface area contributed by atoms with Gasteiger partial charge < -0.3 is 10.6 Å². The number of nitrogens with zero attached hydrogens (tertiary/aromatic N) is 2. The van der Waals surface area contributed by atoms with Gasteiger partial charge in [-0.05, 0) is 18.4 Å². The molecule has 0 aromatic carbocycles. The Morgan fingerprint density at radius 2 is 2.44 bits per heavy atom. The van der Waals surface area contributed by atoms with Crippen LogP contribution in [0.2, 0.25) is 0 Å². The molecule has 0 spiro atoms. The largest absolute Gasteiger partial charge is 0.337 e. The molecule has 2 atom stereocenters. The third-order valence-corrected chi connectivity index (χ3v) is 2.99. The monoisotopic (exact) mass is 244 g/mol. The average molecular weight is 245 g/mol. The maximum Gasteiger partial charge on any atom is 0.271 e. The molecule has 2 rings (SSSR count). The van der Waals surface area contributed by atoms with Crippen molar-refractivity contribution in [1.29, 1.82) is 0 Å². The first-order valence-electron chi connectivity index (χ1n) is 5.22. The second-order valence-corrected chi connectivity index (χ2v) is 4.15. The Morgan fingerprint density at radius 1 is 1.69 bits per heavy atom. The average Bonchev–Trinajstić information content (AvgIpc) is 2.74. The van der Waals surface area contributed by atoms with Crippen LogP contribution < -0.4 is 5.73 Å². The second kappa shape index (κ2) is 5.32. The molecule has 16 heavy (non-hydrogen) atoms. The molecule has 6 heteroatoms. The van der Waals surface area contributed by atoms with Gasteiger partial charge in [0, 0.05) is 25.3 Å². The standard InChI is InChI=1S/C10H16N4O.ClH/c1-7-6-14(5-3-8(7)11)10(15)9-2-4-12-13-9;/h2,4,7-8H,3,5-6,11H2,1H3,(H,12,13);1H. The minimum Gasteiger partial charge on any atom is -0.337 e. The van der Waals surface area contributed by atoms with Crippen molar-refractivity contribution in [1.82, 2.24) is 15.1 Å². The number of carbonyl (C=O) groups is 1. The number of nitrogens with two attached hydrogens (primary N) is 1.